The van der Waals surface area contributed by atoms with Gasteiger partial charge in [-0.15, -0.1) is 10.2 Å². The van der Waals surface area contributed by atoms with E-state index >= 15 is 0 Å². The van der Waals surface area contributed by atoms with Crippen molar-refractivity contribution in [1.29, 1.82) is 0 Å². The van der Waals surface area contributed by atoms with Crippen LogP contribution in [0.15, 0.2) is 53.9 Å². The quantitative estimate of drug-likeness (QED) is 0.654. The third kappa shape index (κ3) is 3.31. The highest BCUT2D eigenvalue weighted by atomic mass is 35.5. The molecule has 4 nitrogen and oxygen atoms in total. The molecule has 112 valence electrons. The maximum absolute atomic E-state index is 6.02. The Morgan fingerprint density at radius 1 is 1.18 bits per heavy atom. The van der Waals surface area contributed by atoms with Gasteiger partial charge in [0.15, 0.2) is 11.0 Å². The van der Waals surface area contributed by atoms with Gasteiger partial charge in [0.25, 0.3) is 0 Å². The van der Waals surface area contributed by atoms with Gasteiger partial charge in [0.1, 0.15) is 0 Å². The first-order valence-corrected chi connectivity index (χ1v) is 8.35. The molecule has 3 rings (SSSR count). The van der Waals surface area contributed by atoms with Crippen molar-refractivity contribution in [1.82, 2.24) is 19.7 Å². The third-order valence-electron chi connectivity index (χ3n) is 3.21. The van der Waals surface area contributed by atoms with Gasteiger partial charge in [-0.1, -0.05) is 35.5 Å². The predicted octanol–water partition coefficient (Wildman–Crippen LogP) is 4.31. The lowest BCUT2D eigenvalue weighted by molar-refractivity contribution is 0.687. The van der Waals surface area contributed by atoms with Crippen LogP contribution in [0.3, 0.4) is 0 Å². The maximum atomic E-state index is 6.02. The van der Waals surface area contributed by atoms with Crippen LogP contribution in [0.5, 0.6) is 0 Å². The summed E-state index contributed by atoms with van der Waals surface area (Å²) in [6, 6.07) is 11.8. The average Bonchev–Trinajstić information content (AvgIpc) is 2.97. The molecule has 3 aromatic rings. The molecule has 0 amide bonds. The van der Waals surface area contributed by atoms with Crippen LogP contribution in [0.2, 0.25) is 5.02 Å². The van der Waals surface area contributed by atoms with Gasteiger partial charge in [0.2, 0.25) is 0 Å². The molecule has 22 heavy (non-hydrogen) atoms. The summed E-state index contributed by atoms with van der Waals surface area (Å²) >= 11 is 7.68. The van der Waals surface area contributed by atoms with Crippen molar-refractivity contribution in [3.8, 4) is 11.4 Å². The fourth-order valence-electron chi connectivity index (χ4n) is 2.16. The highest BCUT2D eigenvalue weighted by Gasteiger charge is 2.13. The van der Waals surface area contributed by atoms with Crippen molar-refractivity contribution in [3.63, 3.8) is 0 Å². The number of nitrogens with zero attached hydrogens (tertiary/aromatic N) is 4. The lowest BCUT2D eigenvalue weighted by Gasteiger charge is -2.07. The molecule has 1 aromatic carbocycles. The monoisotopic (exact) mass is 330 g/mol. The molecule has 2 aromatic heterocycles. The minimum absolute atomic E-state index is 0.756. The zero-order chi connectivity index (χ0) is 15.4. The smallest absolute Gasteiger partial charge is 0.191 e. The minimum atomic E-state index is 0.756. The number of aromatic nitrogens is 4. The molecule has 0 radical (unpaired) electrons. The summed E-state index contributed by atoms with van der Waals surface area (Å²) in [7, 11) is 0. The first-order valence-electron chi connectivity index (χ1n) is 6.98. The van der Waals surface area contributed by atoms with Crippen molar-refractivity contribution in [2.75, 3.05) is 0 Å². The SMILES string of the molecule is CCn1c(SCc2cccc(Cl)c2)nnc1-c1cccnc1. The van der Waals surface area contributed by atoms with Crippen LogP contribution >= 0.6 is 23.4 Å². The molecule has 0 unspecified atom stereocenters. The minimum Gasteiger partial charge on any atom is -0.302 e. The Balaban J connectivity index is 1.81. The number of benzene rings is 1. The Hall–Kier alpha value is -1.85. The Bertz CT molecular complexity index is 758. The van der Waals surface area contributed by atoms with Crippen molar-refractivity contribution in [3.05, 3.63) is 59.4 Å². The number of hydrogen-bond donors (Lipinski definition) is 0. The number of halogens is 1. The summed E-state index contributed by atoms with van der Waals surface area (Å²) in [5.41, 5.74) is 2.15. The fourth-order valence-corrected chi connectivity index (χ4v) is 3.32. The van der Waals surface area contributed by atoms with Gasteiger partial charge in [-0.05, 0) is 36.8 Å². The van der Waals surface area contributed by atoms with Gasteiger partial charge in [0, 0.05) is 35.3 Å². The van der Waals surface area contributed by atoms with Crippen LogP contribution in [0, 0.1) is 0 Å². The first-order chi connectivity index (χ1) is 10.8. The van der Waals surface area contributed by atoms with E-state index < -0.39 is 0 Å². The molecule has 6 heteroatoms. The second-order valence-electron chi connectivity index (χ2n) is 4.71. The molecule has 0 fully saturated rings. The normalized spacial score (nSPS) is 10.8. The molecular weight excluding hydrogens is 316 g/mol. The van der Waals surface area contributed by atoms with E-state index in [-0.39, 0.29) is 0 Å². The molecule has 2 heterocycles. The van der Waals surface area contributed by atoms with Gasteiger partial charge in [-0.3, -0.25) is 4.98 Å². The van der Waals surface area contributed by atoms with Crippen LogP contribution in [-0.2, 0) is 12.3 Å². The van der Waals surface area contributed by atoms with Crippen LogP contribution in [0.1, 0.15) is 12.5 Å². The van der Waals surface area contributed by atoms with E-state index in [1.165, 1.54) is 5.56 Å². The Labute approximate surface area is 138 Å². The number of hydrogen-bond acceptors (Lipinski definition) is 4. The van der Waals surface area contributed by atoms with Gasteiger partial charge < -0.3 is 4.57 Å². The predicted molar refractivity (Wildman–Crippen MR) is 89.9 cm³/mol. The number of pyridine rings is 1. The summed E-state index contributed by atoms with van der Waals surface area (Å²) in [6.45, 7) is 2.90. The van der Waals surface area contributed by atoms with E-state index in [0.717, 1.165) is 33.9 Å². The van der Waals surface area contributed by atoms with E-state index in [0.29, 0.717) is 0 Å². The summed E-state index contributed by atoms with van der Waals surface area (Å²) in [6.07, 6.45) is 3.56. The highest BCUT2D eigenvalue weighted by molar-refractivity contribution is 7.98. The molecule has 0 spiro atoms. The summed E-state index contributed by atoms with van der Waals surface area (Å²) < 4.78 is 2.10. The van der Waals surface area contributed by atoms with Crippen LogP contribution < -0.4 is 0 Å². The van der Waals surface area contributed by atoms with E-state index in [2.05, 4.69) is 32.7 Å². The Morgan fingerprint density at radius 2 is 2.09 bits per heavy atom. The summed E-state index contributed by atoms with van der Waals surface area (Å²) in [5.74, 6) is 1.66. The first kappa shape index (κ1) is 15.1. The van der Waals surface area contributed by atoms with Gasteiger partial charge in [0.05, 0.1) is 0 Å². The summed E-state index contributed by atoms with van der Waals surface area (Å²) in [4.78, 5) is 4.15. The highest BCUT2D eigenvalue weighted by Crippen LogP contribution is 2.26. The standard InChI is InChI=1S/C16H15ClN4S/c1-2-21-15(13-6-4-8-18-10-13)19-20-16(21)22-11-12-5-3-7-14(17)9-12/h3-10H,2,11H2,1H3. The van der Waals surface area contributed by atoms with Crippen molar-refractivity contribution in [2.45, 2.75) is 24.4 Å². The van der Waals surface area contributed by atoms with E-state index in [4.69, 9.17) is 11.6 Å². The van der Waals surface area contributed by atoms with Gasteiger partial charge >= 0.3 is 0 Å². The van der Waals surface area contributed by atoms with Gasteiger partial charge in [-0.25, -0.2) is 0 Å². The van der Waals surface area contributed by atoms with E-state index in [9.17, 15) is 0 Å². The van der Waals surface area contributed by atoms with Crippen LogP contribution in [0.25, 0.3) is 11.4 Å². The third-order valence-corrected chi connectivity index (χ3v) is 4.48. The largest absolute Gasteiger partial charge is 0.302 e. The zero-order valence-corrected chi connectivity index (χ0v) is 13.7. The van der Waals surface area contributed by atoms with Crippen LogP contribution in [-0.4, -0.2) is 19.7 Å². The summed E-state index contributed by atoms with van der Waals surface area (Å²) in [5, 5.41) is 10.3. The fraction of sp³-hybridized carbons (Fsp3) is 0.188. The van der Waals surface area contributed by atoms with Gasteiger partial charge in [-0.2, -0.15) is 0 Å². The second-order valence-corrected chi connectivity index (χ2v) is 6.09. The number of thioether (sulfide) groups is 1. The molecule has 0 aliphatic rings. The van der Waals surface area contributed by atoms with E-state index in [1.54, 1.807) is 18.0 Å². The Morgan fingerprint density at radius 3 is 2.82 bits per heavy atom. The van der Waals surface area contributed by atoms with Crippen molar-refractivity contribution in [2.24, 2.45) is 0 Å². The maximum Gasteiger partial charge on any atom is 0.191 e. The number of rotatable bonds is 5. The average molecular weight is 331 g/mol. The topological polar surface area (TPSA) is 43.6 Å². The molecule has 0 bridgehead atoms. The lowest BCUT2D eigenvalue weighted by atomic mass is 10.2. The molecule has 0 atom stereocenters. The van der Waals surface area contributed by atoms with Crippen molar-refractivity contribution >= 4 is 23.4 Å². The van der Waals surface area contributed by atoms with Crippen LogP contribution in [0.4, 0.5) is 0 Å². The zero-order valence-electron chi connectivity index (χ0n) is 12.1. The Kier molecular flexibility index (Phi) is 4.75. The molecule has 0 aliphatic carbocycles. The molecule has 0 N–H and O–H groups in total. The second kappa shape index (κ2) is 6.94. The van der Waals surface area contributed by atoms with Crippen molar-refractivity contribution < 1.29 is 0 Å². The molecular formula is C16H15ClN4S. The molecule has 0 aliphatic heterocycles. The molecule has 0 saturated carbocycles. The lowest BCUT2D eigenvalue weighted by Crippen LogP contribution is -2.00. The van der Waals surface area contributed by atoms with E-state index in [1.807, 2.05) is 36.5 Å². The molecule has 0 saturated heterocycles.